The van der Waals surface area contributed by atoms with E-state index < -0.39 is 12.0 Å². The van der Waals surface area contributed by atoms with Crippen molar-refractivity contribution in [1.82, 2.24) is 5.32 Å². The number of amides is 1. The Bertz CT molecular complexity index is 292. The third-order valence-electron chi connectivity index (χ3n) is 3.52. The minimum absolute atomic E-state index is 0.0716. The van der Waals surface area contributed by atoms with Crippen molar-refractivity contribution in [2.75, 3.05) is 0 Å². The Labute approximate surface area is 115 Å². The molecule has 0 saturated heterocycles. The second kappa shape index (κ2) is 8.91. The van der Waals surface area contributed by atoms with Crippen LogP contribution in [-0.2, 0) is 9.59 Å². The lowest BCUT2D eigenvalue weighted by atomic mass is 9.97. The Morgan fingerprint density at radius 1 is 1.21 bits per heavy atom. The number of nitrogens with one attached hydrogen (secondary N) is 1. The van der Waals surface area contributed by atoms with Crippen LogP contribution in [-0.4, -0.2) is 29.1 Å². The fourth-order valence-corrected chi connectivity index (χ4v) is 1.86. The van der Waals surface area contributed by atoms with E-state index in [-0.39, 0.29) is 23.8 Å². The van der Waals surface area contributed by atoms with E-state index in [0.717, 1.165) is 25.7 Å². The molecule has 0 aliphatic carbocycles. The van der Waals surface area contributed by atoms with Crippen LogP contribution < -0.4 is 11.1 Å². The topological polar surface area (TPSA) is 92.4 Å². The summed E-state index contributed by atoms with van der Waals surface area (Å²) in [5, 5.41) is 11.8. The van der Waals surface area contributed by atoms with Gasteiger partial charge in [0.2, 0.25) is 5.91 Å². The molecule has 1 amide bonds. The third-order valence-corrected chi connectivity index (χ3v) is 3.52. The SMILES string of the molecule is CCC(C)[C@H](NC(=O)C(C)CCCC(C)N)C(=O)O. The van der Waals surface area contributed by atoms with Crippen molar-refractivity contribution in [2.24, 2.45) is 17.6 Å². The highest BCUT2D eigenvalue weighted by molar-refractivity contribution is 5.84. The fraction of sp³-hybridized carbons (Fsp3) is 0.857. The molecule has 0 aromatic rings. The molecule has 0 aromatic carbocycles. The summed E-state index contributed by atoms with van der Waals surface area (Å²) in [6.45, 7) is 7.51. The summed E-state index contributed by atoms with van der Waals surface area (Å²) in [5.74, 6) is -1.40. The average molecular weight is 272 g/mol. The standard InChI is InChI=1S/C14H28N2O3/c1-5-9(2)12(14(18)19)16-13(17)10(3)7-6-8-11(4)15/h9-12H,5-8,15H2,1-4H3,(H,16,17)(H,18,19)/t9?,10?,11?,12-/m0/s1. The van der Waals surface area contributed by atoms with Crippen LogP contribution in [0.1, 0.15) is 53.4 Å². The molecule has 0 aliphatic rings. The fourth-order valence-electron chi connectivity index (χ4n) is 1.86. The zero-order valence-corrected chi connectivity index (χ0v) is 12.5. The lowest BCUT2D eigenvalue weighted by Crippen LogP contribution is -2.46. The summed E-state index contributed by atoms with van der Waals surface area (Å²) in [6, 6.07) is -0.657. The highest BCUT2D eigenvalue weighted by Crippen LogP contribution is 2.12. The Morgan fingerprint density at radius 2 is 1.79 bits per heavy atom. The molecule has 0 aliphatic heterocycles. The maximum atomic E-state index is 11.9. The van der Waals surface area contributed by atoms with E-state index >= 15 is 0 Å². The summed E-state index contributed by atoms with van der Waals surface area (Å²) in [6.07, 6.45) is 3.22. The van der Waals surface area contributed by atoms with Gasteiger partial charge in [-0.1, -0.05) is 33.6 Å². The molecule has 0 rings (SSSR count). The van der Waals surface area contributed by atoms with Crippen LogP contribution in [0, 0.1) is 11.8 Å². The number of carboxylic acids is 1. The zero-order chi connectivity index (χ0) is 15.0. The van der Waals surface area contributed by atoms with E-state index in [4.69, 9.17) is 10.8 Å². The van der Waals surface area contributed by atoms with Crippen LogP contribution in [0.4, 0.5) is 0 Å². The quantitative estimate of drug-likeness (QED) is 0.596. The largest absolute Gasteiger partial charge is 0.480 e. The number of aliphatic carboxylic acids is 1. The molecule has 19 heavy (non-hydrogen) atoms. The van der Waals surface area contributed by atoms with Crippen molar-refractivity contribution in [3.63, 3.8) is 0 Å². The van der Waals surface area contributed by atoms with Crippen LogP contribution in [0.5, 0.6) is 0 Å². The molecule has 0 bridgehead atoms. The molecule has 4 atom stereocenters. The molecule has 3 unspecified atom stereocenters. The minimum Gasteiger partial charge on any atom is -0.480 e. The van der Waals surface area contributed by atoms with Gasteiger partial charge in [-0.3, -0.25) is 4.79 Å². The Kier molecular flexibility index (Phi) is 8.39. The van der Waals surface area contributed by atoms with Gasteiger partial charge >= 0.3 is 5.97 Å². The summed E-state index contributed by atoms with van der Waals surface area (Å²) < 4.78 is 0. The Balaban J connectivity index is 4.28. The molecule has 4 N–H and O–H groups in total. The molecule has 5 heteroatoms. The summed E-state index contributed by atoms with van der Waals surface area (Å²) in [7, 11) is 0. The predicted octanol–water partition coefficient (Wildman–Crippen LogP) is 1.76. The monoisotopic (exact) mass is 272 g/mol. The van der Waals surface area contributed by atoms with E-state index in [1.807, 2.05) is 27.7 Å². The van der Waals surface area contributed by atoms with Crippen molar-refractivity contribution in [3.05, 3.63) is 0 Å². The molecule has 112 valence electrons. The Hall–Kier alpha value is -1.10. The van der Waals surface area contributed by atoms with Gasteiger partial charge in [-0.25, -0.2) is 4.79 Å². The second-order valence-electron chi connectivity index (χ2n) is 5.52. The van der Waals surface area contributed by atoms with Gasteiger partial charge in [0, 0.05) is 12.0 Å². The molecular weight excluding hydrogens is 244 g/mol. The van der Waals surface area contributed by atoms with E-state index in [0.29, 0.717) is 0 Å². The summed E-state index contributed by atoms with van der Waals surface area (Å²) >= 11 is 0. The molecular formula is C14H28N2O3. The van der Waals surface area contributed by atoms with Gasteiger partial charge in [-0.15, -0.1) is 0 Å². The zero-order valence-electron chi connectivity index (χ0n) is 12.5. The highest BCUT2D eigenvalue weighted by atomic mass is 16.4. The minimum atomic E-state index is -0.967. The number of carbonyl (C=O) groups is 2. The second-order valence-corrected chi connectivity index (χ2v) is 5.52. The first-order valence-corrected chi connectivity index (χ1v) is 7.08. The maximum Gasteiger partial charge on any atom is 0.326 e. The van der Waals surface area contributed by atoms with E-state index in [2.05, 4.69) is 5.32 Å². The number of carboxylic acid groups (broad SMARTS) is 1. The number of hydrogen-bond acceptors (Lipinski definition) is 3. The number of hydrogen-bond donors (Lipinski definition) is 3. The van der Waals surface area contributed by atoms with Crippen molar-refractivity contribution < 1.29 is 14.7 Å². The number of carbonyl (C=O) groups excluding carboxylic acids is 1. The third kappa shape index (κ3) is 7.15. The molecule has 0 aromatic heterocycles. The van der Waals surface area contributed by atoms with Crippen LogP contribution in [0.25, 0.3) is 0 Å². The molecule has 0 saturated carbocycles. The Morgan fingerprint density at radius 3 is 2.21 bits per heavy atom. The normalized spacial score (nSPS) is 17.3. The van der Waals surface area contributed by atoms with Gasteiger partial charge in [0.15, 0.2) is 0 Å². The van der Waals surface area contributed by atoms with Gasteiger partial charge in [0.25, 0.3) is 0 Å². The molecule has 0 fully saturated rings. The molecule has 5 nitrogen and oxygen atoms in total. The van der Waals surface area contributed by atoms with Gasteiger partial charge < -0.3 is 16.2 Å². The molecule has 0 heterocycles. The maximum absolute atomic E-state index is 11.9. The lowest BCUT2D eigenvalue weighted by molar-refractivity contribution is -0.144. The average Bonchev–Trinajstić information content (AvgIpc) is 2.33. The van der Waals surface area contributed by atoms with Crippen LogP contribution >= 0.6 is 0 Å². The number of nitrogens with two attached hydrogens (primary N) is 1. The smallest absolute Gasteiger partial charge is 0.326 e. The summed E-state index contributed by atoms with van der Waals surface area (Å²) in [4.78, 5) is 23.1. The lowest BCUT2D eigenvalue weighted by Gasteiger charge is -2.22. The predicted molar refractivity (Wildman–Crippen MR) is 75.7 cm³/mol. The van der Waals surface area contributed by atoms with Crippen LogP contribution in [0.3, 0.4) is 0 Å². The van der Waals surface area contributed by atoms with Gasteiger partial charge in [-0.2, -0.15) is 0 Å². The van der Waals surface area contributed by atoms with Gasteiger partial charge in [-0.05, 0) is 25.7 Å². The molecule has 0 radical (unpaired) electrons. The van der Waals surface area contributed by atoms with Crippen molar-refractivity contribution in [2.45, 2.75) is 65.5 Å². The molecule has 0 spiro atoms. The van der Waals surface area contributed by atoms with Crippen molar-refractivity contribution in [3.8, 4) is 0 Å². The highest BCUT2D eigenvalue weighted by Gasteiger charge is 2.26. The summed E-state index contributed by atoms with van der Waals surface area (Å²) in [5.41, 5.74) is 5.65. The van der Waals surface area contributed by atoms with E-state index in [9.17, 15) is 9.59 Å². The number of rotatable bonds is 9. The first kappa shape index (κ1) is 17.9. The first-order chi connectivity index (χ1) is 8.79. The van der Waals surface area contributed by atoms with Crippen molar-refractivity contribution in [1.29, 1.82) is 0 Å². The van der Waals surface area contributed by atoms with E-state index in [1.165, 1.54) is 0 Å². The first-order valence-electron chi connectivity index (χ1n) is 7.08. The van der Waals surface area contributed by atoms with Gasteiger partial charge in [0.1, 0.15) is 6.04 Å². The van der Waals surface area contributed by atoms with E-state index in [1.54, 1.807) is 0 Å². The van der Waals surface area contributed by atoms with Gasteiger partial charge in [0.05, 0.1) is 0 Å². The van der Waals surface area contributed by atoms with Crippen molar-refractivity contribution >= 4 is 11.9 Å². The van der Waals surface area contributed by atoms with Crippen LogP contribution in [0.15, 0.2) is 0 Å². The van der Waals surface area contributed by atoms with Crippen LogP contribution in [0.2, 0.25) is 0 Å².